The fourth-order valence-electron chi connectivity index (χ4n) is 4.24. The second-order valence-corrected chi connectivity index (χ2v) is 9.62. The van der Waals surface area contributed by atoms with Crippen molar-refractivity contribution in [2.45, 2.75) is 32.8 Å². The van der Waals surface area contributed by atoms with Gasteiger partial charge in [0.05, 0.1) is 18.6 Å². The van der Waals surface area contributed by atoms with Gasteiger partial charge in [-0.25, -0.2) is 24.3 Å². The fourth-order valence-corrected chi connectivity index (χ4v) is 4.24. The molecule has 0 saturated carbocycles. The van der Waals surface area contributed by atoms with E-state index in [4.69, 9.17) is 24.9 Å². The van der Waals surface area contributed by atoms with Crippen LogP contribution < -0.4 is 15.2 Å². The quantitative estimate of drug-likeness (QED) is 0.240. The molecule has 9 nitrogen and oxygen atoms in total. The van der Waals surface area contributed by atoms with Crippen molar-refractivity contribution in [3.63, 3.8) is 0 Å². The van der Waals surface area contributed by atoms with Crippen LogP contribution in [0.5, 0.6) is 11.5 Å². The lowest BCUT2D eigenvalue weighted by Gasteiger charge is -2.36. The molecule has 0 spiro atoms. The summed E-state index contributed by atoms with van der Waals surface area (Å²) in [6, 6.07) is 4.21. The maximum Gasteiger partial charge on any atom is 0.150 e. The molecule has 0 aliphatic carbocycles. The number of nitrogen functional groups attached to an aromatic ring is 1. The van der Waals surface area contributed by atoms with Crippen molar-refractivity contribution in [3.8, 4) is 11.5 Å². The SMILES string of the molecule is C=C/C(=C\C=C(/C)Oc1cc(F)cc(OCc2cnc(C)nc2)c1)c1nc(C2(C)COC2)n2ccnc(N)c12. The van der Waals surface area contributed by atoms with E-state index in [1.165, 1.54) is 12.1 Å². The summed E-state index contributed by atoms with van der Waals surface area (Å²) >= 11 is 0. The van der Waals surface area contributed by atoms with Gasteiger partial charge in [0.15, 0.2) is 0 Å². The first kappa shape index (κ1) is 26.1. The Hall–Kier alpha value is -4.57. The van der Waals surface area contributed by atoms with Gasteiger partial charge in [0.25, 0.3) is 0 Å². The van der Waals surface area contributed by atoms with Gasteiger partial charge in [-0.1, -0.05) is 12.7 Å². The molecule has 10 heteroatoms. The molecule has 4 heterocycles. The van der Waals surface area contributed by atoms with E-state index in [1.807, 2.05) is 16.7 Å². The number of ether oxygens (including phenoxy) is 3. The Kier molecular flexibility index (Phi) is 7.12. The topological polar surface area (TPSA) is 110 Å². The van der Waals surface area contributed by atoms with E-state index in [-0.39, 0.29) is 12.0 Å². The van der Waals surface area contributed by atoms with Crippen LogP contribution in [0.2, 0.25) is 0 Å². The molecule has 3 aromatic heterocycles. The van der Waals surface area contributed by atoms with Crippen LogP contribution >= 0.6 is 0 Å². The minimum Gasteiger partial charge on any atom is -0.489 e. The highest BCUT2D eigenvalue weighted by Crippen LogP contribution is 2.35. The van der Waals surface area contributed by atoms with Crippen LogP contribution in [0.4, 0.5) is 10.2 Å². The summed E-state index contributed by atoms with van der Waals surface area (Å²) in [6.07, 6.45) is 12.1. The van der Waals surface area contributed by atoms with Crippen molar-refractivity contribution in [1.82, 2.24) is 24.3 Å². The van der Waals surface area contributed by atoms with Crippen LogP contribution in [0.1, 0.15) is 36.8 Å². The number of imidazole rings is 1. The number of anilines is 1. The van der Waals surface area contributed by atoms with Crippen LogP contribution in [-0.2, 0) is 16.8 Å². The molecule has 0 radical (unpaired) electrons. The molecular weight excluding hydrogens is 499 g/mol. The predicted octanol–water partition coefficient (Wildman–Crippen LogP) is 4.97. The number of benzene rings is 1. The summed E-state index contributed by atoms with van der Waals surface area (Å²) in [5.41, 5.74) is 8.90. The van der Waals surface area contributed by atoms with Gasteiger partial charge >= 0.3 is 0 Å². The normalized spacial score (nSPS) is 15.2. The molecule has 1 saturated heterocycles. The van der Waals surface area contributed by atoms with Gasteiger partial charge in [-0.3, -0.25) is 4.40 Å². The first-order valence-electron chi connectivity index (χ1n) is 12.4. The van der Waals surface area contributed by atoms with E-state index in [0.29, 0.717) is 53.3 Å². The molecule has 5 rings (SSSR count). The zero-order valence-corrected chi connectivity index (χ0v) is 22.0. The molecule has 0 atom stereocenters. The number of aryl methyl sites for hydroxylation is 1. The highest BCUT2D eigenvalue weighted by molar-refractivity contribution is 5.87. The molecule has 0 amide bonds. The first-order chi connectivity index (χ1) is 18.8. The summed E-state index contributed by atoms with van der Waals surface area (Å²) in [4.78, 5) is 17.5. The average molecular weight is 529 g/mol. The van der Waals surface area contributed by atoms with Crippen LogP contribution in [0, 0.1) is 12.7 Å². The second-order valence-electron chi connectivity index (χ2n) is 9.62. The third kappa shape index (κ3) is 5.51. The first-order valence-corrected chi connectivity index (χ1v) is 12.4. The number of aromatic nitrogens is 5. The Bertz CT molecular complexity index is 1590. The third-order valence-electron chi connectivity index (χ3n) is 6.32. The molecule has 0 bridgehead atoms. The van der Waals surface area contributed by atoms with Crippen LogP contribution in [0.15, 0.2) is 73.6 Å². The molecule has 1 fully saturated rings. The van der Waals surface area contributed by atoms with Crippen molar-refractivity contribution in [1.29, 1.82) is 0 Å². The molecular formula is C29H29FN6O3. The van der Waals surface area contributed by atoms with Gasteiger partial charge in [0.1, 0.15) is 58.4 Å². The minimum absolute atomic E-state index is 0.202. The minimum atomic E-state index is -0.480. The number of nitrogens with zero attached hydrogens (tertiary/aromatic N) is 5. The van der Waals surface area contributed by atoms with Gasteiger partial charge in [0, 0.05) is 54.1 Å². The predicted molar refractivity (Wildman–Crippen MR) is 146 cm³/mol. The largest absolute Gasteiger partial charge is 0.489 e. The summed E-state index contributed by atoms with van der Waals surface area (Å²) in [5, 5.41) is 0. The zero-order valence-electron chi connectivity index (χ0n) is 22.0. The Morgan fingerprint density at radius 2 is 1.92 bits per heavy atom. The zero-order chi connectivity index (χ0) is 27.6. The average Bonchev–Trinajstić information content (AvgIpc) is 3.28. The maximum absolute atomic E-state index is 14.3. The summed E-state index contributed by atoms with van der Waals surface area (Å²) in [6.45, 7) is 11.0. The van der Waals surface area contributed by atoms with Gasteiger partial charge in [-0.05, 0) is 32.9 Å². The van der Waals surface area contributed by atoms with E-state index in [2.05, 4.69) is 28.5 Å². The maximum atomic E-state index is 14.3. The Morgan fingerprint density at radius 3 is 2.62 bits per heavy atom. The molecule has 39 heavy (non-hydrogen) atoms. The highest BCUT2D eigenvalue weighted by atomic mass is 19.1. The van der Waals surface area contributed by atoms with Crippen molar-refractivity contribution < 1.29 is 18.6 Å². The van der Waals surface area contributed by atoms with E-state index >= 15 is 0 Å². The van der Waals surface area contributed by atoms with E-state index in [1.54, 1.807) is 50.7 Å². The molecule has 0 unspecified atom stereocenters. The number of allylic oxidation sites excluding steroid dienone is 5. The number of hydrogen-bond donors (Lipinski definition) is 1. The molecule has 1 aliphatic rings. The number of rotatable bonds is 9. The fraction of sp³-hybridized carbons (Fsp3) is 0.241. The van der Waals surface area contributed by atoms with Gasteiger partial charge in [-0.15, -0.1) is 0 Å². The number of fused-ring (bicyclic) bond motifs is 1. The van der Waals surface area contributed by atoms with Crippen molar-refractivity contribution in [2.24, 2.45) is 0 Å². The lowest BCUT2D eigenvalue weighted by Crippen LogP contribution is -2.45. The van der Waals surface area contributed by atoms with Crippen LogP contribution in [0.3, 0.4) is 0 Å². The monoisotopic (exact) mass is 528 g/mol. The summed E-state index contributed by atoms with van der Waals surface area (Å²) in [5.74, 6) is 2.55. The standard InChI is InChI=1S/C29H29FN6O3/c1-5-21(25-26-27(31)32-8-9-36(26)28(35-25)29(4)16-37-17-29)7-6-18(2)39-24-11-22(30)10-23(12-24)38-15-20-13-33-19(3)34-14-20/h5-14H,1,15-17H2,2-4H3,(H2,31,32)/b18-6+,21-7+. The summed E-state index contributed by atoms with van der Waals surface area (Å²) < 4.78 is 33.3. The smallest absolute Gasteiger partial charge is 0.150 e. The second kappa shape index (κ2) is 10.7. The number of nitrogens with two attached hydrogens (primary N) is 1. The van der Waals surface area contributed by atoms with Crippen LogP contribution in [0.25, 0.3) is 11.1 Å². The van der Waals surface area contributed by atoms with E-state index in [9.17, 15) is 4.39 Å². The Labute approximate surface area is 225 Å². The van der Waals surface area contributed by atoms with Gasteiger partial charge in [0.2, 0.25) is 0 Å². The van der Waals surface area contributed by atoms with Crippen molar-refractivity contribution in [3.05, 3.63) is 102 Å². The number of halogens is 1. The molecule has 4 aromatic rings. The Balaban J connectivity index is 1.37. The summed E-state index contributed by atoms with van der Waals surface area (Å²) in [7, 11) is 0. The van der Waals surface area contributed by atoms with E-state index in [0.717, 1.165) is 17.0 Å². The lowest BCUT2D eigenvalue weighted by atomic mass is 9.88. The Morgan fingerprint density at radius 1 is 1.18 bits per heavy atom. The van der Waals surface area contributed by atoms with Crippen LogP contribution in [-0.4, -0.2) is 37.6 Å². The molecule has 2 N–H and O–H groups in total. The third-order valence-corrected chi connectivity index (χ3v) is 6.32. The molecule has 1 aliphatic heterocycles. The van der Waals surface area contributed by atoms with Gasteiger partial charge in [-0.2, -0.15) is 0 Å². The lowest BCUT2D eigenvalue weighted by molar-refractivity contribution is -0.0545. The van der Waals surface area contributed by atoms with Crippen molar-refractivity contribution >= 4 is 16.9 Å². The van der Waals surface area contributed by atoms with Crippen molar-refractivity contribution in [2.75, 3.05) is 18.9 Å². The van der Waals surface area contributed by atoms with E-state index < -0.39 is 5.82 Å². The molecule has 1 aromatic carbocycles. The highest BCUT2D eigenvalue weighted by Gasteiger charge is 2.40. The van der Waals surface area contributed by atoms with Gasteiger partial charge < -0.3 is 19.9 Å². The number of hydrogen-bond acceptors (Lipinski definition) is 8. The molecule has 200 valence electrons.